The lowest BCUT2D eigenvalue weighted by Gasteiger charge is -2.32. The Labute approximate surface area is 187 Å². The number of piperidine rings is 1. The Balaban J connectivity index is 1.21. The fraction of sp³-hybridized carbons (Fsp3) is 0.417. The molecule has 1 saturated carbocycles. The number of likely N-dealkylation sites (tertiary alicyclic amines) is 1. The maximum Gasteiger partial charge on any atom is 0.410 e. The zero-order valence-corrected chi connectivity index (χ0v) is 18.3. The SMILES string of the molecule is O=C(CCC1CC12CCN(C(=O)OCc1ccccc1)CC2)c1cc(Cl)cc(Cl)c1. The molecule has 158 valence electrons. The van der Waals surface area contributed by atoms with Gasteiger partial charge >= 0.3 is 6.09 Å². The highest BCUT2D eigenvalue weighted by molar-refractivity contribution is 6.35. The number of halogens is 2. The Kier molecular flexibility index (Phi) is 6.35. The predicted octanol–water partition coefficient (Wildman–Crippen LogP) is 6.40. The summed E-state index contributed by atoms with van der Waals surface area (Å²) < 4.78 is 5.45. The van der Waals surface area contributed by atoms with Crippen molar-refractivity contribution in [3.05, 3.63) is 69.7 Å². The molecular formula is C24H25Cl2NO3. The van der Waals surface area contributed by atoms with Crippen molar-refractivity contribution in [2.75, 3.05) is 13.1 Å². The molecule has 0 bridgehead atoms. The smallest absolute Gasteiger partial charge is 0.410 e. The molecule has 1 aliphatic carbocycles. The fourth-order valence-electron chi connectivity index (χ4n) is 4.56. The van der Waals surface area contributed by atoms with E-state index in [1.165, 1.54) is 0 Å². The van der Waals surface area contributed by atoms with Gasteiger partial charge in [-0.1, -0.05) is 53.5 Å². The van der Waals surface area contributed by atoms with Crippen molar-refractivity contribution in [3.8, 4) is 0 Å². The van der Waals surface area contributed by atoms with Crippen molar-refractivity contribution < 1.29 is 14.3 Å². The number of hydrogen-bond donors (Lipinski definition) is 0. The Hall–Kier alpha value is -2.04. The Morgan fingerprint density at radius 2 is 1.70 bits per heavy atom. The van der Waals surface area contributed by atoms with E-state index in [0.717, 1.165) is 44.3 Å². The molecule has 0 N–H and O–H groups in total. The van der Waals surface area contributed by atoms with Gasteiger partial charge in [-0.2, -0.15) is 0 Å². The summed E-state index contributed by atoms with van der Waals surface area (Å²) >= 11 is 12.0. The molecule has 0 aromatic heterocycles. The molecule has 4 rings (SSSR count). The first kappa shape index (κ1) is 21.2. The number of rotatable bonds is 6. The first-order chi connectivity index (χ1) is 14.4. The molecule has 6 heteroatoms. The third kappa shape index (κ3) is 4.98. The largest absolute Gasteiger partial charge is 0.445 e. The average Bonchev–Trinajstić information content (AvgIpc) is 3.42. The van der Waals surface area contributed by atoms with Crippen LogP contribution in [0.2, 0.25) is 10.0 Å². The highest BCUT2D eigenvalue weighted by Crippen LogP contribution is 2.61. The van der Waals surface area contributed by atoms with Crippen molar-refractivity contribution >= 4 is 35.1 Å². The molecular weight excluding hydrogens is 421 g/mol. The van der Waals surface area contributed by atoms with E-state index in [-0.39, 0.29) is 11.9 Å². The number of Topliss-reactive ketones (excluding diaryl/α,β-unsaturated/α-hetero) is 1. The summed E-state index contributed by atoms with van der Waals surface area (Å²) in [4.78, 5) is 26.7. The number of benzene rings is 2. The van der Waals surface area contributed by atoms with E-state index < -0.39 is 0 Å². The minimum atomic E-state index is -0.237. The number of amides is 1. The predicted molar refractivity (Wildman–Crippen MR) is 118 cm³/mol. The first-order valence-corrected chi connectivity index (χ1v) is 11.2. The van der Waals surface area contributed by atoms with Crippen LogP contribution in [0.15, 0.2) is 48.5 Å². The Morgan fingerprint density at radius 3 is 2.37 bits per heavy atom. The van der Waals surface area contributed by atoms with Crippen LogP contribution in [0.1, 0.15) is 48.0 Å². The van der Waals surface area contributed by atoms with Gasteiger partial charge in [0.25, 0.3) is 0 Å². The molecule has 1 atom stereocenters. The molecule has 1 aliphatic heterocycles. The number of ether oxygens (including phenoxy) is 1. The van der Waals surface area contributed by atoms with E-state index in [1.54, 1.807) is 18.2 Å². The molecule has 2 aromatic carbocycles. The molecule has 1 spiro atoms. The highest BCUT2D eigenvalue weighted by atomic mass is 35.5. The van der Waals surface area contributed by atoms with E-state index in [0.29, 0.717) is 40.0 Å². The van der Waals surface area contributed by atoms with Crippen LogP contribution in [0.5, 0.6) is 0 Å². The van der Waals surface area contributed by atoms with E-state index in [2.05, 4.69) is 0 Å². The second-order valence-electron chi connectivity index (χ2n) is 8.41. The van der Waals surface area contributed by atoms with Crippen LogP contribution >= 0.6 is 23.2 Å². The minimum Gasteiger partial charge on any atom is -0.445 e. The van der Waals surface area contributed by atoms with Crippen molar-refractivity contribution in [1.82, 2.24) is 4.90 Å². The van der Waals surface area contributed by atoms with Crippen LogP contribution in [-0.4, -0.2) is 29.9 Å². The van der Waals surface area contributed by atoms with Gasteiger partial charge in [-0.15, -0.1) is 0 Å². The van der Waals surface area contributed by atoms with Crippen molar-refractivity contribution in [2.45, 2.75) is 38.7 Å². The van der Waals surface area contributed by atoms with Gasteiger partial charge in [0.15, 0.2) is 5.78 Å². The summed E-state index contributed by atoms with van der Waals surface area (Å²) in [7, 11) is 0. The molecule has 1 heterocycles. The second kappa shape index (κ2) is 8.99. The monoisotopic (exact) mass is 445 g/mol. The van der Waals surface area contributed by atoms with Crippen LogP contribution in [-0.2, 0) is 11.3 Å². The molecule has 1 unspecified atom stereocenters. The molecule has 2 aliphatic rings. The molecule has 1 saturated heterocycles. The normalized spacial score (nSPS) is 19.5. The number of hydrogen-bond acceptors (Lipinski definition) is 3. The van der Waals surface area contributed by atoms with Gasteiger partial charge in [-0.3, -0.25) is 4.79 Å². The van der Waals surface area contributed by atoms with Crippen LogP contribution in [0.4, 0.5) is 4.79 Å². The van der Waals surface area contributed by atoms with Crippen molar-refractivity contribution in [3.63, 3.8) is 0 Å². The summed E-state index contributed by atoms with van der Waals surface area (Å²) in [5.41, 5.74) is 1.87. The van der Waals surface area contributed by atoms with Crippen molar-refractivity contribution in [1.29, 1.82) is 0 Å². The van der Waals surface area contributed by atoms with E-state index >= 15 is 0 Å². The zero-order chi connectivity index (χ0) is 21.1. The maximum atomic E-state index is 12.5. The molecule has 2 aromatic rings. The second-order valence-corrected chi connectivity index (χ2v) is 9.28. The molecule has 30 heavy (non-hydrogen) atoms. The number of ketones is 1. The fourth-order valence-corrected chi connectivity index (χ4v) is 5.09. The number of carbonyl (C=O) groups excluding carboxylic acids is 2. The summed E-state index contributed by atoms with van der Waals surface area (Å²) in [6.07, 6.45) is 4.25. The lowest BCUT2D eigenvalue weighted by atomic mass is 9.89. The van der Waals surface area contributed by atoms with Gasteiger partial charge in [0, 0.05) is 35.1 Å². The van der Waals surface area contributed by atoms with Gasteiger partial charge in [0.2, 0.25) is 0 Å². The quantitative estimate of drug-likeness (QED) is 0.483. The Bertz CT molecular complexity index is 903. The molecule has 2 fully saturated rings. The Morgan fingerprint density at radius 1 is 1.03 bits per heavy atom. The van der Waals surface area contributed by atoms with Crippen molar-refractivity contribution in [2.24, 2.45) is 11.3 Å². The van der Waals surface area contributed by atoms with E-state index in [4.69, 9.17) is 27.9 Å². The van der Waals surface area contributed by atoms with Crippen LogP contribution in [0.25, 0.3) is 0 Å². The standard InChI is InChI=1S/C24H25Cl2NO3/c25-20-12-18(13-21(26)14-20)22(28)7-6-19-15-24(19)8-10-27(11-9-24)23(29)30-16-17-4-2-1-3-5-17/h1-5,12-14,19H,6-11,15-16H2. The number of carbonyl (C=O) groups is 2. The van der Waals surface area contributed by atoms with E-state index in [1.807, 2.05) is 35.2 Å². The molecule has 4 nitrogen and oxygen atoms in total. The minimum absolute atomic E-state index is 0.0865. The topological polar surface area (TPSA) is 46.6 Å². The van der Waals surface area contributed by atoms with Gasteiger partial charge in [-0.25, -0.2) is 4.79 Å². The summed E-state index contributed by atoms with van der Waals surface area (Å²) in [5.74, 6) is 0.641. The molecule has 1 amide bonds. The number of nitrogens with zero attached hydrogens (tertiary/aromatic N) is 1. The van der Waals surface area contributed by atoms with Gasteiger partial charge in [0.05, 0.1) is 0 Å². The summed E-state index contributed by atoms with van der Waals surface area (Å²) in [6.45, 7) is 1.75. The maximum absolute atomic E-state index is 12.5. The van der Waals surface area contributed by atoms with Gasteiger partial charge < -0.3 is 9.64 Å². The summed E-state index contributed by atoms with van der Waals surface area (Å²) in [6, 6.07) is 14.7. The van der Waals surface area contributed by atoms with E-state index in [9.17, 15) is 9.59 Å². The lowest BCUT2D eigenvalue weighted by molar-refractivity contribution is 0.0776. The lowest BCUT2D eigenvalue weighted by Crippen LogP contribution is -2.39. The molecule has 0 radical (unpaired) electrons. The third-order valence-corrected chi connectivity index (χ3v) is 6.92. The first-order valence-electron chi connectivity index (χ1n) is 10.4. The highest BCUT2D eigenvalue weighted by Gasteiger charge is 2.54. The van der Waals surface area contributed by atoms with Crippen LogP contribution in [0.3, 0.4) is 0 Å². The summed E-state index contributed by atoms with van der Waals surface area (Å²) in [5, 5.41) is 0.973. The third-order valence-electron chi connectivity index (χ3n) is 6.49. The van der Waals surface area contributed by atoms with Gasteiger partial charge in [-0.05, 0) is 60.8 Å². The average molecular weight is 446 g/mol. The van der Waals surface area contributed by atoms with Crippen LogP contribution < -0.4 is 0 Å². The van der Waals surface area contributed by atoms with Gasteiger partial charge in [0.1, 0.15) is 6.61 Å². The van der Waals surface area contributed by atoms with Crippen LogP contribution in [0, 0.1) is 11.3 Å². The zero-order valence-electron chi connectivity index (χ0n) is 16.8.